The first kappa shape index (κ1) is 16.3. The summed E-state index contributed by atoms with van der Waals surface area (Å²) in [5, 5.41) is 8.35. The number of rotatable bonds is 6. The fourth-order valence-electron chi connectivity index (χ4n) is 2.16. The van der Waals surface area contributed by atoms with Gasteiger partial charge in [0.15, 0.2) is 5.13 Å². The minimum absolute atomic E-state index is 0.159. The summed E-state index contributed by atoms with van der Waals surface area (Å²) in [6.07, 6.45) is 2.60. The molecule has 0 aliphatic rings. The first-order valence-corrected chi connectivity index (χ1v) is 8.35. The lowest BCUT2D eigenvalue weighted by Gasteiger charge is -2.15. The van der Waals surface area contributed by atoms with Crippen LogP contribution in [-0.2, 0) is 6.42 Å². The van der Waals surface area contributed by atoms with E-state index in [1.807, 2.05) is 29.6 Å². The molecule has 1 aromatic carbocycles. The molecule has 0 radical (unpaired) electrons. The maximum atomic E-state index is 11.9. The summed E-state index contributed by atoms with van der Waals surface area (Å²) in [6, 6.07) is 7.84. The molecular weight excluding hydrogens is 296 g/mol. The molecule has 0 atom stereocenters. The third kappa shape index (κ3) is 4.73. The highest BCUT2D eigenvalue weighted by atomic mass is 32.1. The van der Waals surface area contributed by atoms with Crippen LogP contribution in [0.15, 0.2) is 29.6 Å². The number of amides is 2. The van der Waals surface area contributed by atoms with Gasteiger partial charge in [-0.25, -0.2) is 9.78 Å². The van der Waals surface area contributed by atoms with Gasteiger partial charge in [0.05, 0.1) is 5.69 Å². The van der Waals surface area contributed by atoms with Crippen molar-refractivity contribution in [2.45, 2.75) is 39.2 Å². The molecule has 0 bridgehead atoms. The van der Waals surface area contributed by atoms with Crippen molar-refractivity contribution >= 4 is 28.2 Å². The minimum Gasteiger partial charge on any atom is -0.375 e. The van der Waals surface area contributed by atoms with Gasteiger partial charge >= 0.3 is 6.03 Å². The third-order valence-corrected chi connectivity index (χ3v) is 4.21. The molecule has 1 heterocycles. The largest absolute Gasteiger partial charge is 0.375 e. The van der Waals surface area contributed by atoms with Crippen molar-refractivity contribution in [3.05, 3.63) is 40.9 Å². The number of thiazole rings is 1. The van der Waals surface area contributed by atoms with Crippen LogP contribution in [0, 0.1) is 0 Å². The van der Waals surface area contributed by atoms with Crippen LogP contribution in [0.25, 0.3) is 0 Å². The molecule has 0 unspecified atom stereocenters. The normalized spacial score (nSPS) is 10.7. The van der Waals surface area contributed by atoms with E-state index in [4.69, 9.17) is 5.73 Å². The van der Waals surface area contributed by atoms with Crippen LogP contribution in [0.2, 0.25) is 0 Å². The molecule has 0 spiro atoms. The van der Waals surface area contributed by atoms with E-state index in [1.54, 1.807) is 0 Å². The zero-order valence-electron chi connectivity index (χ0n) is 12.9. The Morgan fingerprint density at radius 3 is 2.50 bits per heavy atom. The summed E-state index contributed by atoms with van der Waals surface area (Å²) in [5.41, 5.74) is 8.51. The van der Waals surface area contributed by atoms with Gasteiger partial charge < -0.3 is 16.4 Å². The predicted molar refractivity (Wildman–Crippen MR) is 92.3 cm³/mol. The number of anilines is 2. The maximum absolute atomic E-state index is 11.9. The van der Waals surface area contributed by atoms with Crippen molar-refractivity contribution in [3.8, 4) is 0 Å². The molecule has 0 saturated carbocycles. The SMILES string of the molecule is CCC(CC)NC(=O)Nc1ccc(Cc2csc(N)n2)cc1. The van der Waals surface area contributed by atoms with Crippen LogP contribution in [0.4, 0.5) is 15.6 Å². The van der Waals surface area contributed by atoms with E-state index >= 15 is 0 Å². The Balaban J connectivity index is 1.90. The van der Waals surface area contributed by atoms with Gasteiger partial charge in [0, 0.05) is 23.5 Å². The molecular formula is C16H22N4OS. The fourth-order valence-corrected chi connectivity index (χ4v) is 2.73. The van der Waals surface area contributed by atoms with Gasteiger partial charge in [-0.05, 0) is 30.5 Å². The summed E-state index contributed by atoms with van der Waals surface area (Å²) in [6.45, 7) is 4.13. The number of carbonyl (C=O) groups is 1. The summed E-state index contributed by atoms with van der Waals surface area (Å²) in [4.78, 5) is 16.1. The van der Waals surface area contributed by atoms with E-state index in [9.17, 15) is 4.79 Å². The molecule has 0 aliphatic carbocycles. The van der Waals surface area contributed by atoms with E-state index in [-0.39, 0.29) is 12.1 Å². The van der Waals surface area contributed by atoms with Crippen LogP contribution in [0.3, 0.4) is 0 Å². The Labute approximate surface area is 135 Å². The van der Waals surface area contributed by atoms with Gasteiger partial charge in [0.1, 0.15) is 0 Å². The molecule has 4 N–H and O–H groups in total. The van der Waals surface area contributed by atoms with Crippen molar-refractivity contribution in [2.75, 3.05) is 11.1 Å². The summed E-state index contributed by atoms with van der Waals surface area (Å²) < 4.78 is 0. The molecule has 0 aliphatic heterocycles. The topological polar surface area (TPSA) is 80.0 Å². The minimum atomic E-state index is -0.159. The second kappa shape index (κ2) is 7.79. The van der Waals surface area contributed by atoms with Crippen molar-refractivity contribution in [3.63, 3.8) is 0 Å². The zero-order valence-corrected chi connectivity index (χ0v) is 13.7. The van der Waals surface area contributed by atoms with Gasteiger partial charge in [-0.2, -0.15) is 0 Å². The lowest BCUT2D eigenvalue weighted by Crippen LogP contribution is -2.37. The Hall–Kier alpha value is -2.08. The summed E-state index contributed by atoms with van der Waals surface area (Å²) in [7, 11) is 0. The highest BCUT2D eigenvalue weighted by Gasteiger charge is 2.08. The number of nitrogens with one attached hydrogen (secondary N) is 2. The zero-order chi connectivity index (χ0) is 15.9. The molecule has 0 saturated heterocycles. The van der Waals surface area contributed by atoms with Crippen LogP contribution in [-0.4, -0.2) is 17.1 Å². The summed E-state index contributed by atoms with van der Waals surface area (Å²) >= 11 is 1.45. The smallest absolute Gasteiger partial charge is 0.319 e. The van der Waals surface area contributed by atoms with Gasteiger partial charge in [-0.1, -0.05) is 26.0 Å². The number of nitrogens with two attached hydrogens (primary N) is 1. The number of urea groups is 1. The Bertz CT molecular complexity index is 605. The molecule has 2 amide bonds. The average molecular weight is 318 g/mol. The van der Waals surface area contributed by atoms with Crippen LogP contribution in [0.5, 0.6) is 0 Å². The van der Waals surface area contributed by atoms with Crippen LogP contribution in [0.1, 0.15) is 37.9 Å². The number of nitrogens with zero attached hydrogens (tertiary/aromatic N) is 1. The lowest BCUT2D eigenvalue weighted by molar-refractivity contribution is 0.247. The van der Waals surface area contributed by atoms with Gasteiger partial charge in [0.25, 0.3) is 0 Å². The van der Waals surface area contributed by atoms with Crippen molar-refractivity contribution in [1.29, 1.82) is 0 Å². The number of hydrogen-bond donors (Lipinski definition) is 3. The molecule has 1 aromatic heterocycles. The third-order valence-electron chi connectivity index (χ3n) is 3.49. The number of nitrogen functional groups attached to an aromatic ring is 1. The Morgan fingerprint density at radius 2 is 1.95 bits per heavy atom. The Morgan fingerprint density at radius 1 is 1.27 bits per heavy atom. The average Bonchev–Trinajstić information content (AvgIpc) is 2.92. The van der Waals surface area contributed by atoms with E-state index in [0.717, 1.165) is 36.2 Å². The first-order chi connectivity index (χ1) is 10.6. The van der Waals surface area contributed by atoms with E-state index in [0.29, 0.717) is 5.13 Å². The maximum Gasteiger partial charge on any atom is 0.319 e. The lowest BCUT2D eigenvalue weighted by atomic mass is 10.1. The van der Waals surface area contributed by atoms with Gasteiger partial charge in [0.2, 0.25) is 0 Å². The molecule has 5 nitrogen and oxygen atoms in total. The van der Waals surface area contributed by atoms with Crippen molar-refractivity contribution < 1.29 is 4.79 Å². The second-order valence-electron chi connectivity index (χ2n) is 5.16. The highest BCUT2D eigenvalue weighted by Crippen LogP contribution is 2.17. The molecule has 2 rings (SSSR count). The molecule has 22 heavy (non-hydrogen) atoms. The van der Waals surface area contributed by atoms with Gasteiger partial charge in [-0.15, -0.1) is 11.3 Å². The second-order valence-corrected chi connectivity index (χ2v) is 6.05. The van der Waals surface area contributed by atoms with Crippen molar-refractivity contribution in [2.24, 2.45) is 0 Å². The number of carbonyl (C=O) groups excluding carboxylic acids is 1. The Kier molecular flexibility index (Phi) is 5.77. The number of benzene rings is 1. The standard InChI is InChI=1S/C16H22N4OS/c1-3-12(4-2)19-16(21)20-13-7-5-11(6-8-13)9-14-10-22-15(17)18-14/h5-8,10,12H,3-4,9H2,1-2H3,(H2,17,18)(H2,19,20,21). The monoisotopic (exact) mass is 318 g/mol. The van der Waals surface area contributed by atoms with Crippen molar-refractivity contribution in [1.82, 2.24) is 10.3 Å². The summed E-state index contributed by atoms with van der Waals surface area (Å²) in [5.74, 6) is 0. The van der Waals surface area contributed by atoms with Crippen LogP contribution < -0.4 is 16.4 Å². The molecule has 6 heteroatoms. The van der Waals surface area contributed by atoms with E-state index in [2.05, 4.69) is 29.5 Å². The molecule has 118 valence electrons. The predicted octanol–water partition coefficient (Wildman–Crippen LogP) is 3.63. The molecule has 2 aromatic rings. The fraction of sp³-hybridized carbons (Fsp3) is 0.375. The van der Waals surface area contributed by atoms with Crippen LogP contribution >= 0.6 is 11.3 Å². The highest BCUT2D eigenvalue weighted by molar-refractivity contribution is 7.13. The number of aromatic nitrogens is 1. The quantitative estimate of drug-likeness (QED) is 0.761. The van der Waals surface area contributed by atoms with E-state index in [1.165, 1.54) is 11.3 Å². The molecule has 0 fully saturated rings. The number of hydrogen-bond acceptors (Lipinski definition) is 4. The first-order valence-electron chi connectivity index (χ1n) is 7.47. The van der Waals surface area contributed by atoms with Gasteiger partial charge in [-0.3, -0.25) is 0 Å². The van der Waals surface area contributed by atoms with E-state index < -0.39 is 0 Å².